The van der Waals surface area contributed by atoms with Gasteiger partial charge < -0.3 is 15.2 Å². The minimum absolute atomic E-state index is 0.0237. The first kappa shape index (κ1) is 18.7. The molecule has 146 valence electrons. The number of fused-ring (bicyclic) bond motifs is 3. The second-order valence-corrected chi connectivity index (χ2v) is 7.08. The Morgan fingerprint density at radius 2 is 1.48 bits per heavy atom. The number of hydrogen-bond donors (Lipinski definition) is 2. The van der Waals surface area contributed by atoms with Gasteiger partial charge in [0.15, 0.2) is 0 Å². The topological polar surface area (TPSA) is 75.6 Å². The molecule has 4 rings (SSSR count). The second kappa shape index (κ2) is 7.80. The highest BCUT2D eigenvalue weighted by Gasteiger charge is 2.29. The fourth-order valence-electron chi connectivity index (χ4n) is 3.76. The third-order valence-electron chi connectivity index (χ3n) is 5.23. The van der Waals surface area contributed by atoms with Gasteiger partial charge in [-0.1, -0.05) is 60.7 Å². The fourth-order valence-corrected chi connectivity index (χ4v) is 3.76. The van der Waals surface area contributed by atoms with E-state index in [9.17, 15) is 9.59 Å². The standard InChI is InChI=1S/C24H21NO4/c1-15(23(26)27)25-22-13-7-6-12-20(22)24(28)29-14-21-18-10-4-2-8-16(18)17-9-3-5-11-19(17)21/h2-13,15,21,25H,14H2,1H3,(H,26,27). The monoisotopic (exact) mass is 387 g/mol. The lowest BCUT2D eigenvalue weighted by Crippen LogP contribution is -2.26. The molecule has 0 radical (unpaired) electrons. The number of carbonyl (C=O) groups is 2. The van der Waals surface area contributed by atoms with E-state index in [0.717, 1.165) is 11.1 Å². The number of nitrogens with one attached hydrogen (secondary N) is 1. The molecule has 0 spiro atoms. The zero-order chi connectivity index (χ0) is 20.4. The molecule has 5 heteroatoms. The van der Waals surface area contributed by atoms with Crippen molar-refractivity contribution in [1.29, 1.82) is 0 Å². The number of benzene rings is 3. The van der Waals surface area contributed by atoms with Crippen molar-refractivity contribution in [2.24, 2.45) is 0 Å². The number of aliphatic carboxylic acids is 1. The first-order valence-electron chi connectivity index (χ1n) is 9.50. The van der Waals surface area contributed by atoms with Crippen molar-refractivity contribution < 1.29 is 19.4 Å². The van der Waals surface area contributed by atoms with Crippen molar-refractivity contribution in [2.75, 3.05) is 11.9 Å². The molecule has 3 aromatic rings. The van der Waals surface area contributed by atoms with Crippen LogP contribution in [0.5, 0.6) is 0 Å². The lowest BCUT2D eigenvalue weighted by Gasteiger charge is -2.17. The fraction of sp³-hybridized carbons (Fsp3) is 0.167. The Balaban J connectivity index is 1.55. The van der Waals surface area contributed by atoms with E-state index in [-0.39, 0.29) is 12.5 Å². The summed E-state index contributed by atoms with van der Waals surface area (Å²) in [5.41, 5.74) is 5.39. The lowest BCUT2D eigenvalue weighted by atomic mass is 9.98. The molecular formula is C24H21NO4. The van der Waals surface area contributed by atoms with Crippen LogP contribution in [0.2, 0.25) is 0 Å². The van der Waals surface area contributed by atoms with Crippen molar-refractivity contribution in [3.05, 3.63) is 89.5 Å². The first-order valence-corrected chi connectivity index (χ1v) is 9.50. The van der Waals surface area contributed by atoms with Gasteiger partial charge in [-0.2, -0.15) is 0 Å². The molecule has 2 N–H and O–H groups in total. The van der Waals surface area contributed by atoms with Gasteiger partial charge in [0.05, 0.1) is 5.56 Å². The van der Waals surface area contributed by atoms with Gasteiger partial charge in [-0.25, -0.2) is 4.79 Å². The Morgan fingerprint density at radius 3 is 2.10 bits per heavy atom. The molecular weight excluding hydrogens is 366 g/mol. The highest BCUT2D eigenvalue weighted by atomic mass is 16.5. The third kappa shape index (κ3) is 3.59. The molecule has 29 heavy (non-hydrogen) atoms. The highest BCUT2D eigenvalue weighted by Crippen LogP contribution is 2.44. The number of rotatable bonds is 6. The van der Waals surface area contributed by atoms with E-state index in [1.807, 2.05) is 24.3 Å². The van der Waals surface area contributed by atoms with E-state index in [2.05, 4.69) is 29.6 Å². The maximum absolute atomic E-state index is 12.8. The Bertz CT molecular complexity index is 1030. The number of hydrogen-bond acceptors (Lipinski definition) is 4. The largest absolute Gasteiger partial charge is 0.480 e. The van der Waals surface area contributed by atoms with Crippen molar-refractivity contribution in [2.45, 2.75) is 18.9 Å². The van der Waals surface area contributed by atoms with Crippen LogP contribution >= 0.6 is 0 Å². The van der Waals surface area contributed by atoms with Gasteiger partial charge in [0, 0.05) is 11.6 Å². The molecule has 0 saturated heterocycles. The van der Waals surface area contributed by atoms with E-state index < -0.39 is 18.0 Å². The van der Waals surface area contributed by atoms with Crippen LogP contribution in [0.15, 0.2) is 72.8 Å². The van der Waals surface area contributed by atoms with Crippen LogP contribution in [-0.4, -0.2) is 29.7 Å². The molecule has 1 aliphatic carbocycles. The summed E-state index contributed by atoms with van der Waals surface area (Å²) in [5.74, 6) is -1.50. The first-order chi connectivity index (χ1) is 14.1. The minimum Gasteiger partial charge on any atom is -0.480 e. The van der Waals surface area contributed by atoms with E-state index in [4.69, 9.17) is 9.84 Å². The lowest BCUT2D eigenvalue weighted by molar-refractivity contribution is -0.137. The minimum atomic E-state index is -0.993. The number of ether oxygens (including phenoxy) is 1. The second-order valence-electron chi connectivity index (χ2n) is 7.08. The van der Waals surface area contributed by atoms with Crippen molar-refractivity contribution in [3.8, 4) is 11.1 Å². The summed E-state index contributed by atoms with van der Waals surface area (Å²) in [6, 6.07) is 22.3. The van der Waals surface area contributed by atoms with Gasteiger partial charge in [0.1, 0.15) is 12.6 Å². The molecule has 0 bridgehead atoms. The molecule has 1 unspecified atom stereocenters. The molecule has 0 heterocycles. The molecule has 0 aromatic heterocycles. The molecule has 1 aliphatic rings. The van der Waals surface area contributed by atoms with Crippen molar-refractivity contribution >= 4 is 17.6 Å². The highest BCUT2D eigenvalue weighted by molar-refractivity contribution is 5.96. The van der Waals surface area contributed by atoms with Crippen LogP contribution in [-0.2, 0) is 9.53 Å². The number of para-hydroxylation sites is 1. The Hall–Kier alpha value is -3.60. The van der Waals surface area contributed by atoms with E-state index in [1.54, 1.807) is 24.3 Å². The van der Waals surface area contributed by atoms with Crippen LogP contribution in [0.3, 0.4) is 0 Å². The number of carboxylic acids is 1. The summed E-state index contributed by atoms with van der Waals surface area (Å²) < 4.78 is 5.68. The quantitative estimate of drug-likeness (QED) is 0.607. The van der Waals surface area contributed by atoms with Crippen molar-refractivity contribution in [1.82, 2.24) is 0 Å². The molecule has 0 aliphatic heterocycles. The Morgan fingerprint density at radius 1 is 0.931 bits per heavy atom. The van der Waals surface area contributed by atoms with Crippen LogP contribution in [0.4, 0.5) is 5.69 Å². The van der Waals surface area contributed by atoms with E-state index in [1.165, 1.54) is 18.1 Å². The van der Waals surface area contributed by atoms with Gasteiger partial charge in [0.2, 0.25) is 0 Å². The van der Waals surface area contributed by atoms with Crippen LogP contribution in [0, 0.1) is 0 Å². The van der Waals surface area contributed by atoms with Gasteiger partial charge in [-0.3, -0.25) is 4.79 Å². The summed E-state index contributed by atoms with van der Waals surface area (Å²) in [5, 5.41) is 12.0. The third-order valence-corrected chi connectivity index (χ3v) is 5.23. The number of carbonyl (C=O) groups excluding carboxylic acids is 1. The average molecular weight is 387 g/mol. The Labute approximate surface area is 169 Å². The van der Waals surface area contributed by atoms with E-state index >= 15 is 0 Å². The molecule has 0 fully saturated rings. The smallest absolute Gasteiger partial charge is 0.340 e. The van der Waals surface area contributed by atoms with Crippen LogP contribution in [0.1, 0.15) is 34.3 Å². The maximum atomic E-state index is 12.8. The molecule has 3 aromatic carbocycles. The zero-order valence-corrected chi connectivity index (χ0v) is 16.0. The van der Waals surface area contributed by atoms with E-state index in [0.29, 0.717) is 11.3 Å². The van der Waals surface area contributed by atoms with Gasteiger partial charge in [0.25, 0.3) is 0 Å². The summed E-state index contributed by atoms with van der Waals surface area (Å²) in [7, 11) is 0. The number of anilines is 1. The summed E-state index contributed by atoms with van der Waals surface area (Å²) in [4.78, 5) is 23.9. The predicted octanol–water partition coefficient (Wildman–Crippen LogP) is 4.54. The van der Waals surface area contributed by atoms with Crippen molar-refractivity contribution in [3.63, 3.8) is 0 Å². The zero-order valence-electron chi connectivity index (χ0n) is 16.0. The number of esters is 1. The average Bonchev–Trinajstić information content (AvgIpc) is 3.06. The Kier molecular flexibility index (Phi) is 5.04. The number of carboxylic acid groups (broad SMARTS) is 1. The molecule has 5 nitrogen and oxygen atoms in total. The van der Waals surface area contributed by atoms with Gasteiger partial charge >= 0.3 is 11.9 Å². The summed E-state index contributed by atoms with van der Waals surface area (Å²) >= 11 is 0. The molecule has 1 atom stereocenters. The summed E-state index contributed by atoms with van der Waals surface area (Å²) in [6.45, 7) is 1.74. The predicted molar refractivity (Wildman–Crippen MR) is 111 cm³/mol. The normalized spacial score (nSPS) is 13.3. The summed E-state index contributed by atoms with van der Waals surface area (Å²) in [6.07, 6.45) is 0. The molecule has 0 amide bonds. The van der Waals surface area contributed by atoms with Crippen LogP contribution in [0.25, 0.3) is 11.1 Å². The van der Waals surface area contributed by atoms with Crippen LogP contribution < -0.4 is 5.32 Å². The molecule has 0 saturated carbocycles. The van der Waals surface area contributed by atoms with Gasteiger partial charge in [-0.05, 0) is 41.3 Å². The van der Waals surface area contributed by atoms with Gasteiger partial charge in [-0.15, -0.1) is 0 Å². The SMILES string of the molecule is CC(Nc1ccccc1C(=O)OCC1c2ccccc2-c2ccccc21)C(=O)O. The maximum Gasteiger partial charge on any atom is 0.340 e.